The van der Waals surface area contributed by atoms with Crippen molar-refractivity contribution in [3.8, 4) is 0 Å². The van der Waals surface area contributed by atoms with Crippen molar-refractivity contribution in [3.63, 3.8) is 0 Å². The molecule has 3 heterocycles. The summed E-state index contributed by atoms with van der Waals surface area (Å²) in [6, 6.07) is 0.635. The largest absolute Gasteiger partial charge is 0.351 e. The van der Waals surface area contributed by atoms with Crippen LogP contribution in [-0.4, -0.2) is 78.7 Å². The average Bonchev–Trinajstić information content (AvgIpc) is 3.28. The minimum Gasteiger partial charge on any atom is -0.351 e. The molecule has 1 aromatic heterocycles. The number of anilines is 1. The lowest BCUT2D eigenvalue weighted by Crippen LogP contribution is -2.42. The van der Waals surface area contributed by atoms with Crippen molar-refractivity contribution in [1.29, 1.82) is 0 Å². The second kappa shape index (κ2) is 7.25. The molecular formula is C17H29N7. The quantitative estimate of drug-likeness (QED) is 0.495. The highest BCUT2D eigenvalue weighted by molar-refractivity contribution is 5.80. The summed E-state index contributed by atoms with van der Waals surface area (Å²) in [6.45, 7) is 5.03. The van der Waals surface area contributed by atoms with Crippen LogP contribution in [-0.2, 0) is 13.6 Å². The third-order valence-corrected chi connectivity index (χ3v) is 4.93. The third kappa shape index (κ3) is 3.40. The lowest BCUT2D eigenvalue weighted by atomic mass is 10.2. The number of rotatable bonds is 4. The summed E-state index contributed by atoms with van der Waals surface area (Å²) in [5.74, 6) is 1.95. The van der Waals surface area contributed by atoms with E-state index in [1.807, 2.05) is 39.3 Å². The van der Waals surface area contributed by atoms with E-state index in [-0.39, 0.29) is 0 Å². The van der Waals surface area contributed by atoms with Crippen LogP contribution in [0.4, 0.5) is 5.95 Å². The molecule has 0 aromatic carbocycles. The summed E-state index contributed by atoms with van der Waals surface area (Å²) in [7, 11) is 7.93. The van der Waals surface area contributed by atoms with Gasteiger partial charge in [-0.1, -0.05) is 12.2 Å². The molecule has 3 rings (SSSR count). The highest BCUT2D eigenvalue weighted by atomic mass is 15.3. The number of aliphatic imine (C=N–C) groups is 1. The molecule has 1 N–H and O–H groups in total. The maximum atomic E-state index is 4.47. The lowest BCUT2D eigenvalue weighted by Gasteiger charge is -2.25. The molecular weight excluding hydrogens is 302 g/mol. The van der Waals surface area contributed by atoms with Crippen molar-refractivity contribution in [2.75, 3.05) is 52.2 Å². The monoisotopic (exact) mass is 331 g/mol. The number of imidazole rings is 1. The Balaban J connectivity index is 1.56. The van der Waals surface area contributed by atoms with Crippen LogP contribution in [0, 0.1) is 0 Å². The number of hydrogen-bond donors (Lipinski definition) is 1. The summed E-state index contributed by atoms with van der Waals surface area (Å²) in [5, 5.41) is 3.49. The highest BCUT2D eigenvalue weighted by Gasteiger charge is 2.29. The van der Waals surface area contributed by atoms with Gasteiger partial charge in [-0.2, -0.15) is 0 Å². The number of likely N-dealkylation sites (tertiary alicyclic amines) is 1. The van der Waals surface area contributed by atoms with Crippen molar-refractivity contribution >= 4 is 11.9 Å². The fourth-order valence-corrected chi connectivity index (χ4v) is 3.54. The molecule has 1 fully saturated rings. The SMILES string of the molecule is CN=C(NCc1cnc(N(C)C)n1C)N1CCC(N2CC=CC2)C1. The molecule has 2 aliphatic rings. The Labute approximate surface area is 144 Å². The summed E-state index contributed by atoms with van der Waals surface area (Å²) in [4.78, 5) is 15.9. The van der Waals surface area contributed by atoms with Gasteiger partial charge in [-0.05, 0) is 6.42 Å². The maximum Gasteiger partial charge on any atom is 0.204 e. The molecule has 1 atom stereocenters. The van der Waals surface area contributed by atoms with Gasteiger partial charge in [0.15, 0.2) is 5.96 Å². The van der Waals surface area contributed by atoms with E-state index in [9.17, 15) is 0 Å². The maximum absolute atomic E-state index is 4.47. The van der Waals surface area contributed by atoms with Crippen LogP contribution < -0.4 is 10.2 Å². The van der Waals surface area contributed by atoms with E-state index in [2.05, 4.69) is 41.8 Å². The number of nitrogens with one attached hydrogen (secondary N) is 1. The van der Waals surface area contributed by atoms with Crippen molar-refractivity contribution in [3.05, 3.63) is 24.0 Å². The molecule has 1 aromatic rings. The molecule has 7 nitrogen and oxygen atoms in total. The Hall–Kier alpha value is -2.02. The zero-order valence-electron chi connectivity index (χ0n) is 15.2. The molecule has 0 amide bonds. The summed E-state index contributed by atoms with van der Waals surface area (Å²) in [5.41, 5.74) is 1.15. The van der Waals surface area contributed by atoms with Crippen LogP contribution in [0.25, 0.3) is 0 Å². The fraction of sp³-hybridized carbons (Fsp3) is 0.647. The number of guanidine groups is 1. The van der Waals surface area contributed by atoms with Gasteiger partial charge >= 0.3 is 0 Å². The fourth-order valence-electron chi connectivity index (χ4n) is 3.54. The minimum atomic E-state index is 0.635. The van der Waals surface area contributed by atoms with Gasteiger partial charge in [-0.25, -0.2) is 4.98 Å². The number of aromatic nitrogens is 2. The summed E-state index contributed by atoms with van der Waals surface area (Å²) >= 11 is 0. The predicted octanol–water partition coefficient (Wildman–Crippen LogP) is 0.508. The van der Waals surface area contributed by atoms with Gasteiger partial charge in [0.2, 0.25) is 5.95 Å². The van der Waals surface area contributed by atoms with Crippen LogP contribution >= 0.6 is 0 Å². The van der Waals surface area contributed by atoms with Crippen LogP contribution in [0.1, 0.15) is 12.1 Å². The van der Waals surface area contributed by atoms with Crippen LogP contribution in [0.15, 0.2) is 23.3 Å². The molecule has 2 aliphatic heterocycles. The van der Waals surface area contributed by atoms with Gasteiger partial charge in [-0.3, -0.25) is 9.89 Å². The smallest absolute Gasteiger partial charge is 0.204 e. The Morgan fingerprint density at radius 2 is 2.12 bits per heavy atom. The van der Waals surface area contributed by atoms with Crippen LogP contribution in [0.3, 0.4) is 0 Å². The van der Waals surface area contributed by atoms with Crippen molar-refractivity contribution in [2.45, 2.75) is 19.0 Å². The van der Waals surface area contributed by atoms with Crippen LogP contribution in [0.2, 0.25) is 0 Å². The average molecular weight is 331 g/mol. The zero-order chi connectivity index (χ0) is 17.1. The number of hydrogen-bond acceptors (Lipinski definition) is 4. The van der Waals surface area contributed by atoms with E-state index >= 15 is 0 Å². The first-order valence-corrected chi connectivity index (χ1v) is 8.62. The second-order valence-corrected chi connectivity index (χ2v) is 6.72. The minimum absolute atomic E-state index is 0.635. The van der Waals surface area contributed by atoms with Crippen molar-refractivity contribution in [2.24, 2.45) is 12.0 Å². The molecule has 1 saturated heterocycles. The van der Waals surface area contributed by atoms with Crippen molar-refractivity contribution in [1.82, 2.24) is 24.7 Å². The van der Waals surface area contributed by atoms with Gasteiger partial charge in [0.25, 0.3) is 0 Å². The Bertz CT molecular complexity index is 608. The van der Waals surface area contributed by atoms with Gasteiger partial charge in [0, 0.05) is 60.4 Å². The molecule has 132 valence electrons. The Morgan fingerprint density at radius 1 is 1.38 bits per heavy atom. The third-order valence-electron chi connectivity index (χ3n) is 4.93. The zero-order valence-corrected chi connectivity index (χ0v) is 15.2. The van der Waals surface area contributed by atoms with E-state index < -0.39 is 0 Å². The molecule has 0 radical (unpaired) electrons. The molecule has 24 heavy (non-hydrogen) atoms. The first kappa shape index (κ1) is 16.8. The standard InChI is InChI=1S/C17H29N7/c1-18-16(19-11-15-12-20-17(21(2)3)22(15)4)24-10-7-14(13-24)23-8-5-6-9-23/h5-6,12,14H,7-11,13H2,1-4H3,(H,18,19). The number of nitrogens with zero attached hydrogens (tertiary/aromatic N) is 6. The normalized spacial score (nSPS) is 21.8. The summed E-state index contributed by atoms with van der Waals surface area (Å²) < 4.78 is 2.11. The Morgan fingerprint density at radius 3 is 2.75 bits per heavy atom. The molecule has 7 heteroatoms. The van der Waals surface area contributed by atoms with E-state index in [1.165, 1.54) is 6.42 Å². The van der Waals surface area contributed by atoms with Gasteiger partial charge in [0.1, 0.15) is 0 Å². The first-order chi connectivity index (χ1) is 11.6. The van der Waals surface area contributed by atoms with E-state index in [0.717, 1.165) is 50.3 Å². The highest BCUT2D eigenvalue weighted by Crippen LogP contribution is 2.18. The molecule has 0 spiro atoms. The van der Waals surface area contributed by atoms with Gasteiger partial charge in [-0.15, -0.1) is 0 Å². The molecule has 0 aliphatic carbocycles. The van der Waals surface area contributed by atoms with E-state index in [0.29, 0.717) is 6.04 Å². The predicted molar refractivity (Wildman–Crippen MR) is 98.4 cm³/mol. The summed E-state index contributed by atoms with van der Waals surface area (Å²) in [6.07, 6.45) is 7.66. The molecule has 1 unspecified atom stereocenters. The first-order valence-electron chi connectivity index (χ1n) is 8.62. The van der Waals surface area contributed by atoms with Crippen molar-refractivity contribution < 1.29 is 0 Å². The van der Waals surface area contributed by atoms with Gasteiger partial charge in [0.05, 0.1) is 18.4 Å². The van der Waals surface area contributed by atoms with Gasteiger partial charge < -0.3 is 19.7 Å². The lowest BCUT2D eigenvalue weighted by molar-refractivity contribution is 0.259. The topological polar surface area (TPSA) is 51.9 Å². The van der Waals surface area contributed by atoms with Crippen LogP contribution in [0.5, 0.6) is 0 Å². The molecule has 0 bridgehead atoms. The molecule has 0 saturated carbocycles. The van der Waals surface area contributed by atoms with E-state index in [4.69, 9.17) is 0 Å². The van der Waals surface area contributed by atoms with E-state index in [1.54, 1.807) is 0 Å². The second-order valence-electron chi connectivity index (χ2n) is 6.72. The Kier molecular flexibility index (Phi) is 5.08.